The van der Waals surface area contributed by atoms with Crippen LogP contribution in [0.3, 0.4) is 0 Å². The van der Waals surface area contributed by atoms with E-state index >= 15 is 0 Å². The zero-order chi connectivity index (χ0) is 13.9. The zero-order valence-electron chi connectivity index (χ0n) is 12.4. The van der Waals surface area contributed by atoms with Gasteiger partial charge in [-0.1, -0.05) is 0 Å². The van der Waals surface area contributed by atoms with Crippen molar-refractivity contribution in [2.24, 2.45) is 5.92 Å². The lowest BCUT2D eigenvalue weighted by molar-refractivity contribution is -0.146. The molecule has 2 rings (SSSR count). The Morgan fingerprint density at radius 1 is 1.26 bits per heavy atom. The van der Waals surface area contributed by atoms with E-state index in [9.17, 15) is 4.79 Å². The quantitative estimate of drug-likeness (QED) is 0.751. The minimum Gasteiger partial charge on any atom is -0.466 e. The molecule has 1 N–H and O–H groups in total. The van der Waals surface area contributed by atoms with Crippen LogP contribution >= 0.6 is 0 Å². The second-order valence-electron chi connectivity index (χ2n) is 6.61. The minimum atomic E-state index is -0.214. The van der Waals surface area contributed by atoms with E-state index in [1.807, 2.05) is 13.8 Å². The highest BCUT2D eigenvalue weighted by Gasteiger charge is 2.34. The summed E-state index contributed by atoms with van der Waals surface area (Å²) in [5, 5.41) is 3.60. The van der Waals surface area contributed by atoms with E-state index in [-0.39, 0.29) is 11.6 Å². The number of methoxy groups -OCH3 is 1. The molecule has 2 aliphatic heterocycles. The van der Waals surface area contributed by atoms with Crippen LogP contribution in [0.15, 0.2) is 0 Å². The molecule has 0 saturated carbocycles. The molecule has 2 heterocycles. The molecule has 2 fully saturated rings. The third-order valence-electron chi connectivity index (χ3n) is 4.55. The first-order valence-electron chi connectivity index (χ1n) is 7.45. The van der Waals surface area contributed by atoms with E-state index in [1.54, 1.807) is 7.11 Å². The first-order chi connectivity index (χ1) is 8.98. The van der Waals surface area contributed by atoms with Crippen LogP contribution in [-0.2, 0) is 14.3 Å². The summed E-state index contributed by atoms with van der Waals surface area (Å²) in [4.78, 5) is 11.8. The molecule has 2 atom stereocenters. The van der Waals surface area contributed by atoms with Gasteiger partial charge in [-0.25, -0.2) is 0 Å². The average molecular weight is 269 g/mol. The van der Waals surface area contributed by atoms with E-state index in [4.69, 9.17) is 9.47 Å². The summed E-state index contributed by atoms with van der Waals surface area (Å²) in [6.45, 7) is 4.47. The summed E-state index contributed by atoms with van der Waals surface area (Å²) in [5.74, 6) is 0.472. The molecule has 0 spiro atoms. The Kier molecular flexibility index (Phi) is 4.85. The average Bonchev–Trinajstić information content (AvgIpc) is 2.68. The van der Waals surface area contributed by atoms with E-state index in [1.165, 1.54) is 12.8 Å². The minimum absolute atomic E-state index is 0.0433. The predicted molar refractivity (Wildman–Crippen MR) is 74.0 cm³/mol. The molecule has 2 bridgehead atoms. The Morgan fingerprint density at radius 2 is 1.89 bits per heavy atom. The number of ether oxygens (including phenoxy) is 2. The monoisotopic (exact) mass is 269 g/mol. The summed E-state index contributed by atoms with van der Waals surface area (Å²) in [6, 6.07) is 1.29. The molecule has 4 heteroatoms. The van der Waals surface area contributed by atoms with Crippen molar-refractivity contribution in [1.82, 2.24) is 5.32 Å². The first-order valence-corrected chi connectivity index (χ1v) is 7.45. The van der Waals surface area contributed by atoms with Gasteiger partial charge in [-0.15, -0.1) is 0 Å². The molecule has 2 aliphatic rings. The number of hydrogen-bond acceptors (Lipinski definition) is 4. The van der Waals surface area contributed by atoms with Crippen LogP contribution in [0.2, 0.25) is 0 Å². The normalized spacial score (nSPS) is 30.4. The lowest BCUT2D eigenvalue weighted by Gasteiger charge is -2.28. The number of piperidine rings is 1. The van der Waals surface area contributed by atoms with E-state index in [0.717, 1.165) is 19.3 Å². The van der Waals surface area contributed by atoms with Gasteiger partial charge in [0.15, 0.2) is 0 Å². The lowest BCUT2D eigenvalue weighted by Crippen LogP contribution is -2.38. The topological polar surface area (TPSA) is 47.6 Å². The third-order valence-corrected chi connectivity index (χ3v) is 4.55. The van der Waals surface area contributed by atoms with Gasteiger partial charge in [0.25, 0.3) is 0 Å². The van der Waals surface area contributed by atoms with Gasteiger partial charge in [-0.2, -0.15) is 0 Å². The number of hydrogen-bond donors (Lipinski definition) is 1. The summed E-state index contributed by atoms with van der Waals surface area (Å²) in [6.07, 6.45) is 6.15. The van der Waals surface area contributed by atoms with Crippen molar-refractivity contribution in [3.05, 3.63) is 0 Å². The molecule has 0 aromatic carbocycles. The molecule has 0 aliphatic carbocycles. The van der Waals surface area contributed by atoms with Gasteiger partial charge in [-0.05, 0) is 45.4 Å². The Balaban J connectivity index is 1.64. The summed E-state index contributed by atoms with van der Waals surface area (Å²) >= 11 is 0. The standard InChI is InChI=1S/C15H27NO3/c1-15(2,18-3)6-7-19-14(17)10-11-8-12-4-5-13(9-11)16-12/h11-13,16H,4-10H2,1-3H3. The van der Waals surface area contributed by atoms with Gasteiger partial charge < -0.3 is 14.8 Å². The van der Waals surface area contributed by atoms with Crippen molar-refractivity contribution >= 4 is 5.97 Å². The highest BCUT2D eigenvalue weighted by molar-refractivity contribution is 5.69. The number of esters is 1. The van der Waals surface area contributed by atoms with Crippen LogP contribution in [0.4, 0.5) is 0 Å². The van der Waals surface area contributed by atoms with Crippen LogP contribution in [0, 0.1) is 5.92 Å². The molecule has 2 saturated heterocycles. The predicted octanol–water partition coefficient (Wildman–Crippen LogP) is 2.27. The maximum Gasteiger partial charge on any atom is 0.306 e. The van der Waals surface area contributed by atoms with E-state index in [0.29, 0.717) is 31.0 Å². The Morgan fingerprint density at radius 3 is 2.47 bits per heavy atom. The maximum absolute atomic E-state index is 11.8. The number of carbonyl (C=O) groups is 1. The molecule has 110 valence electrons. The first kappa shape index (κ1) is 14.8. The highest BCUT2D eigenvalue weighted by atomic mass is 16.5. The van der Waals surface area contributed by atoms with Crippen molar-refractivity contribution in [2.45, 2.75) is 70.1 Å². The van der Waals surface area contributed by atoms with Crippen LogP contribution in [0.5, 0.6) is 0 Å². The van der Waals surface area contributed by atoms with E-state index in [2.05, 4.69) is 5.32 Å². The number of nitrogens with one attached hydrogen (secondary N) is 1. The van der Waals surface area contributed by atoms with Crippen molar-refractivity contribution in [1.29, 1.82) is 0 Å². The number of carbonyl (C=O) groups excluding carboxylic acids is 1. The Hall–Kier alpha value is -0.610. The summed E-state index contributed by atoms with van der Waals surface area (Å²) in [7, 11) is 1.69. The molecule has 0 amide bonds. The van der Waals surface area contributed by atoms with Crippen molar-refractivity contribution in [2.75, 3.05) is 13.7 Å². The van der Waals surface area contributed by atoms with Gasteiger partial charge in [-0.3, -0.25) is 4.79 Å². The lowest BCUT2D eigenvalue weighted by atomic mass is 9.90. The number of rotatable bonds is 6. The summed E-state index contributed by atoms with van der Waals surface area (Å²) < 4.78 is 10.6. The fraction of sp³-hybridized carbons (Fsp3) is 0.933. The van der Waals surface area contributed by atoms with Crippen LogP contribution in [-0.4, -0.2) is 37.4 Å². The van der Waals surface area contributed by atoms with Gasteiger partial charge in [0.1, 0.15) is 0 Å². The molecular formula is C15H27NO3. The van der Waals surface area contributed by atoms with Gasteiger partial charge >= 0.3 is 5.97 Å². The number of fused-ring (bicyclic) bond motifs is 2. The molecule has 0 radical (unpaired) electrons. The zero-order valence-corrected chi connectivity index (χ0v) is 12.4. The molecular weight excluding hydrogens is 242 g/mol. The van der Waals surface area contributed by atoms with E-state index < -0.39 is 0 Å². The Labute approximate surface area is 116 Å². The molecule has 2 unspecified atom stereocenters. The molecule has 4 nitrogen and oxygen atoms in total. The molecule has 19 heavy (non-hydrogen) atoms. The third kappa shape index (κ3) is 4.46. The smallest absolute Gasteiger partial charge is 0.306 e. The van der Waals surface area contributed by atoms with Gasteiger partial charge in [0, 0.05) is 32.0 Å². The largest absolute Gasteiger partial charge is 0.466 e. The van der Waals surface area contributed by atoms with Crippen molar-refractivity contribution < 1.29 is 14.3 Å². The second kappa shape index (κ2) is 6.23. The van der Waals surface area contributed by atoms with Crippen LogP contribution < -0.4 is 5.32 Å². The Bertz CT molecular complexity index is 305. The molecule has 0 aromatic heterocycles. The van der Waals surface area contributed by atoms with Crippen molar-refractivity contribution in [3.8, 4) is 0 Å². The fourth-order valence-electron chi connectivity index (χ4n) is 3.15. The molecule has 0 aromatic rings. The fourth-order valence-corrected chi connectivity index (χ4v) is 3.15. The second-order valence-corrected chi connectivity index (χ2v) is 6.61. The maximum atomic E-state index is 11.8. The van der Waals surface area contributed by atoms with Crippen LogP contribution in [0.25, 0.3) is 0 Å². The van der Waals surface area contributed by atoms with Gasteiger partial charge in [0.2, 0.25) is 0 Å². The summed E-state index contributed by atoms with van der Waals surface area (Å²) in [5.41, 5.74) is -0.214. The SMILES string of the molecule is COC(C)(C)CCOC(=O)CC1CC2CCC(C1)N2. The highest BCUT2D eigenvalue weighted by Crippen LogP contribution is 2.32. The van der Waals surface area contributed by atoms with Crippen molar-refractivity contribution in [3.63, 3.8) is 0 Å². The van der Waals surface area contributed by atoms with Crippen LogP contribution in [0.1, 0.15) is 52.4 Å². The van der Waals surface area contributed by atoms with Gasteiger partial charge in [0.05, 0.1) is 12.2 Å².